The molecule has 1 aliphatic heterocycles. The third-order valence-electron chi connectivity index (χ3n) is 2.27. The van der Waals surface area contributed by atoms with Gasteiger partial charge in [0.2, 0.25) is 5.91 Å². The Morgan fingerprint density at radius 3 is 2.92 bits per heavy atom. The highest BCUT2D eigenvalue weighted by Crippen LogP contribution is 2.16. The number of rotatable bonds is 2. The van der Waals surface area contributed by atoms with Crippen LogP contribution < -0.4 is 0 Å². The van der Waals surface area contributed by atoms with Gasteiger partial charge in [0, 0.05) is 13.7 Å². The van der Waals surface area contributed by atoms with Crippen LogP contribution in [0.1, 0.15) is 6.42 Å². The molecule has 0 aromatic rings. The van der Waals surface area contributed by atoms with Crippen molar-refractivity contribution in [3.63, 3.8) is 0 Å². The molecular weight excluding hydrogens is 177 g/mol. The minimum atomic E-state index is -1.14. The van der Waals surface area contributed by atoms with E-state index in [4.69, 9.17) is 9.84 Å². The number of halogens is 1. The predicted octanol–water partition coefficient (Wildman–Crippen LogP) is -0.436. The Morgan fingerprint density at radius 1 is 1.77 bits per heavy atom. The molecule has 1 saturated heterocycles. The molecule has 1 heterocycles. The molecule has 0 unspecified atom stereocenters. The van der Waals surface area contributed by atoms with E-state index < -0.39 is 24.8 Å². The van der Waals surface area contributed by atoms with Crippen LogP contribution in [-0.2, 0) is 9.53 Å². The standard InChI is InChI=1S/C8H14FNO3/c1-13-7-2-3-10(4-6(7)9)8(12)5-11/h6-7,11H,2-5H2,1H3/t6-,7-/m1/s1. The van der Waals surface area contributed by atoms with Gasteiger partial charge in [0.05, 0.1) is 12.6 Å². The average molecular weight is 191 g/mol. The van der Waals surface area contributed by atoms with Gasteiger partial charge in [0.25, 0.3) is 0 Å². The largest absolute Gasteiger partial charge is 0.387 e. The zero-order chi connectivity index (χ0) is 9.84. The molecule has 1 aliphatic rings. The zero-order valence-electron chi connectivity index (χ0n) is 7.57. The van der Waals surface area contributed by atoms with Crippen LogP contribution in [0.4, 0.5) is 4.39 Å². The summed E-state index contributed by atoms with van der Waals surface area (Å²) in [5.74, 6) is -0.419. The van der Waals surface area contributed by atoms with E-state index in [1.165, 1.54) is 12.0 Å². The van der Waals surface area contributed by atoms with E-state index in [9.17, 15) is 9.18 Å². The number of hydrogen-bond acceptors (Lipinski definition) is 3. The van der Waals surface area contributed by atoms with E-state index in [0.717, 1.165) is 0 Å². The maximum atomic E-state index is 13.2. The van der Waals surface area contributed by atoms with Crippen molar-refractivity contribution < 1.29 is 19.0 Å². The van der Waals surface area contributed by atoms with Crippen LogP contribution in [0.2, 0.25) is 0 Å². The van der Waals surface area contributed by atoms with Crippen molar-refractivity contribution >= 4 is 5.91 Å². The van der Waals surface area contributed by atoms with Gasteiger partial charge >= 0.3 is 0 Å². The number of aliphatic hydroxyl groups is 1. The first-order valence-electron chi connectivity index (χ1n) is 4.24. The Kier molecular flexibility index (Phi) is 3.62. The van der Waals surface area contributed by atoms with Gasteiger partial charge in [0.15, 0.2) is 0 Å². The normalized spacial score (nSPS) is 29.0. The molecule has 0 bridgehead atoms. The molecule has 76 valence electrons. The van der Waals surface area contributed by atoms with Crippen LogP contribution in [-0.4, -0.2) is 55.0 Å². The van der Waals surface area contributed by atoms with Gasteiger partial charge in [-0.1, -0.05) is 0 Å². The molecule has 1 rings (SSSR count). The number of carbonyl (C=O) groups excluding carboxylic acids is 1. The highest BCUT2D eigenvalue weighted by molar-refractivity contribution is 5.77. The lowest BCUT2D eigenvalue weighted by Crippen LogP contribution is -2.48. The number of carbonyl (C=O) groups is 1. The smallest absolute Gasteiger partial charge is 0.248 e. The van der Waals surface area contributed by atoms with Crippen molar-refractivity contribution in [1.29, 1.82) is 0 Å². The second-order valence-corrected chi connectivity index (χ2v) is 3.08. The number of piperidine rings is 1. The average Bonchev–Trinajstić information content (AvgIpc) is 2.16. The van der Waals surface area contributed by atoms with E-state index in [-0.39, 0.29) is 6.54 Å². The highest BCUT2D eigenvalue weighted by atomic mass is 19.1. The Hall–Kier alpha value is -0.680. The molecule has 4 nitrogen and oxygen atoms in total. The number of likely N-dealkylation sites (tertiary alicyclic amines) is 1. The van der Waals surface area contributed by atoms with Crippen LogP contribution in [0.3, 0.4) is 0 Å². The van der Waals surface area contributed by atoms with E-state index in [1.807, 2.05) is 0 Å². The van der Waals surface area contributed by atoms with E-state index in [0.29, 0.717) is 13.0 Å². The second kappa shape index (κ2) is 4.53. The van der Waals surface area contributed by atoms with E-state index in [1.54, 1.807) is 0 Å². The summed E-state index contributed by atoms with van der Waals surface area (Å²) in [6, 6.07) is 0. The lowest BCUT2D eigenvalue weighted by molar-refractivity contribution is -0.139. The molecule has 0 aromatic carbocycles. The van der Waals surface area contributed by atoms with Crippen LogP contribution >= 0.6 is 0 Å². The second-order valence-electron chi connectivity index (χ2n) is 3.08. The van der Waals surface area contributed by atoms with Crippen LogP contribution in [0, 0.1) is 0 Å². The minimum Gasteiger partial charge on any atom is -0.387 e. The highest BCUT2D eigenvalue weighted by Gasteiger charge is 2.30. The summed E-state index contributed by atoms with van der Waals surface area (Å²) in [4.78, 5) is 12.3. The molecule has 1 N–H and O–H groups in total. The van der Waals surface area contributed by atoms with Gasteiger partial charge in [-0.05, 0) is 6.42 Å². The molecule has 0 aromatic heterocycles. The van der Waals surface area contributed by atoms with E-state index >= 15 is 0 Å². The molecule has 5 heteroatoms. The fourth-order valence-corrected chi connectivity index (χ4v) is 1.48. The summed E-state index contributed by atoms with van der Waals surface area (Å²) >= 11 is 0. The first-order valence-corrected chi connectivity index (χ1v) is 4.24. The SMILES string of the molecule is CO[C@@H]1CCN(C(=O)CO)C[C@H]1F. The lowest BCUT2D eigenvalue weighted by Gasteiger charge is -2.33. The first-order chi connectivity index (χ1) is 6.19. The topological polar surface area (TPSA) is 49.8 Å². The van der Waals surface area contributed by atoms with Crippen molar-refractivity contribution in [3.05, 3.63) is 0 Å². The summed E-state index contributed by atoms with van der Waals surface area (Å²) in [5.41, 5.74) is 0. The van der Waals surface area contributed by atoms with Crippen molar-refractivity contribution in [2.75, 3.05) is 26.8 Å². The Bertz CT molecular complexity index is 188. The number of hydrogen-bond donors (Lipinski definition) is 1. The predicted molar refractivity (Wildman–Crippen MR) is 44.0 cm³/mol. The summed E-state index contributed by atoms with van der Waals surface area (Å²) in [5, 5.41) is 8.55. The molecule has 1 fully saturated rings. The van der Waals surface area contributed by atoms with Gasteiger partial charge in [-0.15, -0.1) is 0 Å². The molecule has 0 saturated carbocycles. The maximum Gasteiger partial charge on any atom is 0.248 e. The Morgan fingerprint density at radius 2 is 2.46 bits per heavy atom. The van der Waals surface area contributed by atoms with Gasteiger partial charge in [0.1, 0.15) is 12.8 Å². The first kappa shape index (κ1) is 10.4. The molecule has 0 radical (unpaired) electrons. The van der Waals surface area contributed by atoms with Crippen molar-refractivity contribution in [3.8, 4) is 0 Å². The van der Waals surface area contributed by atoms with Crippen molar-refractivity contribution in [1.82, 2.24) is 4.90 Å². The summed E-state index contributed by atoms with van der Waals surface area (Å²) < 4.78 is 18.1. The number of aliphatic hydroxyl groups excluding tert-OH is 1. The van der Waals surface area contributed by atoms with E-state index in [2.05, 4.69) is 0 Å². The third-order valence-corrected chi connectivity index (χ3v) is 2.27. The van der Waals surface area contributed by atoms with Crippen molar-refractivity contribution in [2.24, 2.45) is 0 Å². The molecule has 0 spiro atoms. The summed E-state index contributed by atoms with van der Waals surface area (Å²) in [7, 11) is 1.46. The monoisotopic (exact) mass is 191 g/mol. The Labute approximate surface area is 76.3 Å². The molecule has 2 atom stereocenters. The van der Waals surface area contributed by atoms with Gasteiger partial charge < -0.3 is 14.7 Å². The van der Waals surface area contributed by atoms with Crippen LogP contribution in [0.25, 0.3) is 0 Å². The van der Waals surface area contributed by atoms with Crippen LogP contribution in [0.15, 0.2) is 0 Å². The number of alkyl halides is 1. The third kappa shape index (κ3) is 2.38. The molecular formula is C8H14FNO3. The molecule has 1 amide bonds. The quantitative estimate of drug-likeness (QED) is 0.644. The van der Waals surface area contributed by atoms with Gasteiger partial charge in [-0.3, -0.25) is 4.79 Å². The summed E-state index contributed by atoms with van der Waals surface area (Å²) in [6.07, 6.45) is -1.07. The zero-order valence-corrected chi connectivity index (χ0v) is 7.57. The minimum absolute atomic E-state index is 0.0257. The number of ether oxygens (including phenoxy) is 1. The van der Waals surface area contributed by atoms with Crippen molar-refractivity contribution in [2.45, 2.75) is 18.7 Å². The van der Waals surface area contributed by atoms with Gasteiger partial charge in [-0.2, -0.15) is 0 Å². The maximum absolute atomic E-state index is 13.2. The number of methoxy groups -OCH3 is 1. The number of nitrogens with zero attached hydrogens (tertiary/aromatic N) is 1. The fourth-order valence-electron chi connectivity index (χ4n) is 1.48. The Balaban J connectivity index is 2.45. The number of amides is 1. The molecule has 0 aliphatic carbocycles. The molecule has 13 heavy (non-hydrogen) atoms. The summed E-state index contributed by atoms with van der Waals surface area (Å²) in [6.45, 7) is -0.0689. The van der Waals surface area contributed by atoms with Gasteiger partial charge in [-0.25, -0.2) is 4.39 Å². The van der Waals surface area contributed by atoms with Crippen LogP contribution in [0.5, 0.6) is 0 Å². The lowest BCUT2D eigenvalue weighted by atomic mass is 10.1. The fraction of sp³-hybridized carbons (Fsp3) is 0.875.